The van der Waals surface area contributed by atoms with Crippen molar-refractivity contribution in [3.63, 3.8) is 0 Å². The fraction of sp³-hybridized carbons (Fsp3) is 0.353. The largest absolute Gasteiger partial charge is 0.264 e. The summed E-state index contributed by atoms with van der Waals surface area (Å²) in [6.45, 7) is 8.14. The number of pyridine rings is 1. The van der Waals surface area contributed by atoms with Gasteiger partial charge in [0.25, 0.3) is 0 Å². The zero-order chi connectivity index (χ0) is 15.7. The third-order valence-corrected chi connectivity index (χ3v) is 2.63. The van der Waals surface area contributed by atoms with Crippen molar-refractivity contribution in [1.82, 2.24) is 4.98 Å². The lowest BCUT2D eigenvalue weighted by Crippen LogP contribution is -1.94. The SMILES string of the molecule is C#Cc1cc(F)cc2cncc(C(C)C)c12.CC.CF. The molecular weight excluding hydrogens is 256 g/mol. The summed E-state index contributed by atoms with van der Waals surface area (Å²) in [7, 11) is 0.500. The monoisotopic (exact) mass is 277 g/mol. The number of aromatic nitrogens is 1. The topological polar surface area (TPSA) is 12.9 Å². The second kappa shape index (κ2) is 9.03. The van der Waals surface area contributed by atoms with E-state index >= 15 is 0 Å². The van der Waals surface area contributed by atoms with Crippen LogP contribution in [-0.4, -0.2) is 12.2 Å². The molecule has 1 heterocycles. The number of nitrogens with zero attached hydrogens (tertiary/aromatic N) is 1. The van der Waals surface area contributed by atoms with E-state index in [1.165, 1.54) is 12.1 Å². The molecule has 3 heteroatoms. The van der Waals surface area contributed by atoms with Crippen LogP contribution in [0.1, 0.15) is 44.7 Å². The summed E-state index contributed by atoms with van der Waals surface area (Å²) in [6.07, 6.45) is 8.86. The van der Waals surface area contributed by atoms with E-state index in [0.717, 1.165) is 16.3 Å². The van der Waals surface area contributed by atoms with Gasteiger partial charge >= 0.3 is 0 Å². The first-order valence-electron chi connectivity index (χ1n) is 6.55. The number of hydrogen-bond acceptors (Lipinski definition) is 1. The molecule has 0 bridgehead atoms. The molecule has 0 saturated heterocycles. The minimum absolute atomic E-state index is 0.314. The van der Waals surface area contributed by atoms with Gasteiger partial charge in [0.05, 0.1) is 7.18 Å². The number of rotatable bonds is 1. The van der Waals surface area contributed by atoms with Gasteiger partial charge in [-0.2, -0.15) is 0 Å². The molecule has 0 unspecified atom stereocenters. The molecule has 0 amide bonds. The van der Waals surface area contributed by atoms with Gasteiger partial charge < -0.3 is 0 Å². The lowest BCUT2D eigenvalue weighted by Gasteiger charge is -2.11. The van der Waals surface area contributed by atoms with E-state index in [1.807, 2.05) is 13.8 Å². The molecule has 0 aliphatic carbocycles. The van der Waals surface area contributed by atoms with E-state index in [-0.39, 0.29) is 5.82 Å². The average Bonchev–Trinajstić information content (AvgIpc) is 2.49. The third kappa shape index (κ3) is 4.03. The summed E-state index contributed by atoms with van der Waals surface area (Å²) in [6, 6.07) is 2.86. The molecular formula is C17H21F2N. The molecule has 2 aromatic rings. The van der Waals surface area contributed by atoms with Crippen LogP contribution >= 0.6 is 0 Å². The van der Waals surface area contributed by atoms with Gasteiger partial charge in [-0.05, 0) is 23.6 Å². The van der Waals surface area contributed by atoms with E-state index in [1.54, 1.807) is 12.4 Å². The highest BCUT2D eigenvalue weighted by Crippen LogP contribution is 2.27. The van der Waals surface area contributed by atoms with Gasteiger partial charge in [-0.3, -0.25) is 9.37 Å². The average molecular weight is 277 g/mol. The van der Waals surface area contributed by atoms with Gasteiger partial charge in [0, 0.05) is 28.7 Å². The van der Waals surface area contributed by atoms with E-state index in [2.05, 4.69) is 24.8 Å². The fourth-order valence-corrected chi connectivity index (χ4v) is 1.87. The minimum atomic E-state index is -0.317. The zero-order valence-electron chi connectivity index (χ0n) is 12.7. The number of terminal acetylenes is 1. The highest BCUT2D eigenvalue weighted by molar-refractivity contribution is 5.90. The molecule has 0 N–H and O–H groups in total. The molecule has 20 heavy (non-hydrogen) atoms. The van der Waals surface area contributed by atoms with Crippen molar-refractivity contribution < 1.29 is 8.78 Å². The number of hydrogen-bond donors (Lipinski definition) is 0. The first-order chi connectivity index (χ1) is 9.63. The summed E-state index contributed by atoms with van der Waals surface area (Å²) < 4.78 is 22.8. The van der Waals surface area contributed by atoms with Crippen molar-refractivity contribution in [2.75, 3.05) is 7.18 Å². The first-order valence-corrected chi connectivity index (χ1v) is 6.55. The van der Waals surface area contributed by atoms with E-state index < -0.39 is 0 Å². The Balaban J connectivity index is 0.000000829. The quantitative estimate of drug-likeness (QED) is 0.661. The van der Waals surface area contributed by atoms with E-state index in [9.17, 15) is 8.78 Å². The maximum atomic E-state index is 13.3. The Bertz CT molecular complexity index is 583. The van der Waals surface area contributed by atoms with Crippen molar-refractivity contribution in [3.8, 4) is 12.3 Å². The van der Waals surface area contributed by atoms with Crippen LogP contribution in [0.25, 0.3) is 10.8 Å². The lowest BCUT2D eigenvalue weighted by atomic mass is 9.95. The smallest absolute Gasteiger partial charge is 0.125 e. The van der Waals surface area contributed by atoms with Crippen molar-refractivity contribution >= 4 is 10.8 Å². The van der Waals surface area contributed by atoms with Gasteiger partial charge in [0.15, 0.2) is 0 Å². The van der Waals surface area contributed by atoms with Crippen molar-refractivity contribution in [3.05, 3.63) is 41.5 Å². The van der Waals surface area contributed by atoms with Crippen molar-refractivity contribution in [2.45, 2.75) is 33.6 Å². The summed E-state index contributed by atoms with van der Waals surface area (Å²) >= 11 is 0. The molecule has 1 aromatic heterocycles. The van der Waals surface area contributed by atoms with Gasteiger partial charge in [-0.15, -0.1) is 6.42 Å². The summed E-state index contributed by atoms with van der Waals surface area (Å²) in [5.74, 6) is 2.54. The second-order valence-corrected chi connectivity index (χ2v) is 4.08. The Hall–Kier alpha value is -1.95. The van der Waals surface area contributed by atoms with Crippen LogP contribution in [0.3, 0.4) is 0 Å². The Labute approximate surface area is 120 Å². The van der Waals surface area contributed by atoms with Crippen LogP contribution in [0.5, 0.6) is 0 Å². The van der Waals surface area contributed by atoms with Crippen LogP contribution in [-0.2, 0) is 0 Å². The van der Waals surface area contributed by atoms with Crippen molar-refractivity contribution in [1.29, 1.82) is 0 Å². The van der Waals surface area contributed by atoms with Crippen molar-refractivity contribution in [2.24, 2.45) is 0 Å². The van der Waals surface area contributed by atoms with Gasteiger partial charge in [0.1, 0.15) is 5.82 Å². The van der Waals surface area contributed by atoms with Crippen LogP contribution in [0, 0.1) is 18.2 Å². The first kappa shape index (κ1) is 18.0. The predicted octanol–water partition coefficient (Wildman–Crippen LogP) is 5.09. The number of benzene rings is 1. The maximum absolute atomic E-state index is 13.3. The third-order valence-electron chi connectivity index (χ3n) is 2.63. The van der Waals surface area contributed by atoms with Gasteiger partial charge in [0.2, 0.25) is 0 Å². The fourth-order valence-electron chi connectivity index (χ4n) is 1.87. The molecule has 1 aromatic carbocycles. The number of alkyl halides is 1. The molecule has 0 aliphatic rings. The standard InChI is InChI=1S/C14H12FN.C2H6.CH3F/c1-4-10-5-12(15)6-11-7-16-8-13(9(2)3)14(10)11;2*1-2/h1,5-9H,2-3H3;1-2H3;1H3. The molecule has 0 atom stereocenters. The summed E-state index contributed by atoms with van der Waals surface area (Å²) in [5.41, 5.74) is 1.66. The molecule has 0 radical (unpaired) electrons. The maximum Gasteiger partial charge on any atom is 0.125 e. The van der Waals surface area contributed by atoms with Gasteiger partial charge in [-0.1, -0.05) is 33.6 Å². The van der Waals surface area contributed by atoms with E-state index in [0.29, 0.717) is 18.7 Å². The van der Waals surface area contributed by atoms with Gasteiger partial charge in [-0.25, -0.2) is 4.39 Å². The van der Waals surface area contributed by atoms with Crippen LogP contribution in [0.2, 0.25) is 0 Å². The Kier molecular flexibility index (Phi) is 8.15. The van der Waals surface area contributed by atoms with E-state index in [4.69, 9.17) is 6.42 Å². The molecule has 0 saturated carbocycles. The molecule has 108 valence electrons. The highest BCUT2D eigenvalue weighted by atomic mass is 19.1. The Morgan fingerprint density at radius 3 is 2.25 bits per heavy atom. The Morgan fingerprint density at radius 2 is 1.75 bits per heavy atom. The molecule has 1 nitrogen and oxygen atoms in total. The van der Waals surface area contributed by atoms with Crippen LogP contribution in [0.4, 0.5) is 8.78 Å². The molecule has 0 spiro atoms. The van der Waals surface area contributed by atoms with Crippen LogP contribution in [0.15, 0.2) is 24.5 Å². The summed E-state index contributed by atoms with van der Waals surface area (Å²) in [5, 5.41) is 1.70. The number of halogens is 2. The number of fused-ring (bicyclic) bond motifs is 1. The summed E-state index contributed by atoms with van der Waals surface area (Å²) in [4.78, 5) is 4.12. The second-order valence-electron chi connectivity index (χ2n) is 4.08. The molecule has 2 rings (SSSR count). The van der Waals surface area contributed by atoms with Crippen LogP contribution < -0.4 is 0 Å². The highest BCUT2D eigenvalue weighted by Gasteiger charge is 2.10. The zero-order valence-corrected chi connectivity index (χ0v) is 12.7. The normalized spacial score (nSPS) is 9.15. The molecule has 0 fully saturated rings. The Morgan fingerprint density at radius 1 is 1.15 bits per heavy atom. The molecule has 0 aliphatic heterocycles. The lowest BCUT2D eigenvalue weighted by molar-refractivity contribution is 0.629. The predicted molar refractivity (Wildman–Crippen MR) is 82.1 cm³/mol. The minimum Gasteiger partial charge on any atom is -0.264 e.